The second kappa shape index (κ2) is 6.61. The van der Waals surface area contributed by atoms with E-state index in [-0.39, 0.29) is 0 Å². The van der Waals surface area contributed by atoms with Crippen molar-refractivity contribution in [1.82, 2.24) is 15.2 Å². The number of H-pyrrole nitrogens is 1. The zero-order valence-electron chi connectivity index (χ0n) is 13.8. The highest BCUT2D eigenvalue weighted by atomic mass is 16.5. The molecular formula is C21H17N3O. The summed E-state index contributed by atoms with van der Waals surface area (Å²) in [6.45, 7) is 2.03. The van der Waals surface area contributed by atoms with Crippen LogP contribution in [0.1, 0.15) is 5.56 Å². The maximum atomic E-state index is 6.08. The molecule has 0 spiro atoms. The van der Waals surface area contributed by atoms with Gasteiger partial charge in [-0.25, -0.2) is 0 Å². The maximum absolute atomic E-state index is 6.08. The van der Waals surface area contributed by atoms with E-state index in [1.165, 1.54) is 0 Å². The fourth-order valence-corrected chi connectivity index (χ4v) is 2.79. The molecule has 2 aromatic carbocycles. The third-order valence-electron chi connectivity index (χ3n) is 3.95. The third kappa shape index (κ3) is 3.15. The largest absolute Gasteiger partial charge is 0.457 e. The Labute approximate surface area is 146 Å². The van der Waals surface area contributed by atoms with Gasteiger partial charge in [0, 0.05) is 29.1 Å². The van der Waals surface area contributed by atoms with E-state index in [2.05, 4.69) is 21.2 Å². The predicted molar refractivity (Wildman–Crippen MR) is 98.5 cm³/mol. The molecule has 0 fully saturated rings. The summed E-state index contributed by atoms with van der Waals surface area (Å²) >= 11 is 0. The van der Waals surface area contributed by atoms with Crippen molar-refractivity contribution in [3.05, 3.63) is 84.8 Å². The van der Waals surface area contributed by atoms with Gasteiger partial charge in [0.1, 0.15) is 11.5 Å². The second-order valence-corrected chi connectivity index (χ2v) is 5.82. The molecule has 122 valence electrons. The molecule has 2 aromatic heterocycles. The number of rotatable bonds is 4. The first-order chi connectivity index (χ1) is 12.3. The Balaban J connectivity index is 1.78. The zero-order chi connectivity index (χ0) is 17.1. The van der Waals surface area contributed by atoms with Crippen molar-refractivity contribution in [3.63, 3.8) is 0 Å². The van der Waals surface area contributed by atoms with Gasteiger partial charge in [-0.2, -0.15) is 5.10 Å². The van der Waals surface area contributed by atoms with E-state index >= 15 is 0 Å². The minimum absolute atomic E-state index is 0.778. The van der Waals surface area contributed by atoms with Crippen LogP contribution in [-0.2, 0) is 0 Å². The fourth-order valence-electron chi connectivity index (χ4n) is 2.79. The molecule has 0 aliphatic carbocycles. The number of aryl methyl sites for hydroxylation is 1. The predicted octanol–water partition coefficient (Wildman–Crippen LogP) is 5.24. The van der Waals surface area contributed by atoms with Gasteiger partial charge in [0.25, 0.3) is 0 Å². The van der Waals surface area contributed by atoms with Gasteiger partial charge in [0.15, 0.2) is 0 Å². The lowest BCUT2D eigenvalue weighted by molar-refractivity contribution is 0.484. The van der Waals surface area contributed by atoms with Crippen molar-refractivity contribution in [3.8, 4) is 33.9 Å². The molecule has 0 amide bonds. The highest BCUT2D eigenvalue weighted by molar-refractivity contribution is 5.83. The molecule has 0 atom stereocenters. The van der Waals surface area contributed by atoms with Gasteiger partial charge in [-0.05, 0) is 42.8 Å². The summed E-state index contributed by atoms with van der Waals surface area (Å²) in [5, 5.41) is 7.35. The summed E-state index contributed by atoms with van der Waals surface area (Å²) in [5.74, 6) is 1.58. The summed E-state index contributed by atoms with van der Waals surface area (Å²) in [4.78, 5) is 4.29. The van der Waals surface area contributed by atoms with E-state index < -0.39 is 0 Å². The molecule has 2 heterocycles. The zero-order valence-corrected chi connectivity index (χ0v) is 13.8. The first kappa shape index (κ1) is 15.1. The van der Waals surface area contributed by atoms with E-state index in [1.54, 1.807) is 0 Å². The van der Waals surface area contributed by atoms with Crippen LogP contribution < -0.4 is 4.74 Å². The highest BCUT2D eigenvalue weighted by Gasteiger charge is 2.15. The van der Waals surface area contributed by atoms with Gasteiger partial charge in [-0.3, -0.25) is 10.1 Å². The Hall–Kier alpha value is -3.40. The number of nitrogens with one attached hydrogen (secondary N) is 1. The summed E-state index contributed by atoms with van der Waals surface area (Å²) in [7, 11) is 0. The number of aromatic nitrogens is 3. The van der Waals surface area contributed by atoms with Crippen LogP contribution in [-0.4, -0.2) is 15.2 Å². The van der Waals surface area contributed by atoms with E-state index in [0.717, 1.165) is 39.4 Å². The monoisotopic (exact) mass is 327 g/mol. The highest BCUT2D eigenvalue weighted by Crippen LogP contribution is 2.37. The second-order valence-electron chi connectivity index (χ2n) is 5.82. The SMILES string of the molecule is Cc1cncc(-c2cn[nH]c2-c2ccccc2Oc2ccccc2)c1. The van der Waals surface area contributed by atoms with Crippen molar-refractivity contribution < 1.29 is 4.74 Å². The minimum Gasteiger partial charge on any atom is -0.457 e. The number of aromatic amines is 1. The summed E-state index contributed by atoms with van der Waals surface area (Å²) in [5.41, 5.74) is 5.01. The smallest absolute Gasteiger partial charge is 0.136 e. The average Bonchev–Trinajstić information content (AvgIpc) is 3.13. The van der Waals surface area contributed by atoms with Crippen molar-refractivity contribution in [2.75, 3.05) is 0 Å². The molecule has 4 nitrogen and oxygen atoms in total. The van der Waals surface area contributed by atoms with E-state index in [0.29, 0.717) is 0 Å². The molecule has 0 unspecified atom stereocenters. The molecule has 0 aliphatic heterocycles. The molecule has 0 radical (unpaired) electrons. The topological polar surface area (TPSA) is 50.8 Å². The Morgan fingerprint density at radius 3 is 2.48 bits per heavy atom. The number of hydrogen-bond acceptors (Lipinski definition) is 3. The molecule has 25 heavy (non-hydrogen) atoms. The maximum Gasteiger partial charge on any atom is 0.136 e. The van der Waals surface area contributed by atoms with Crippen LogP contribution in [0.3, 0.4) is 0 Å². The third-order valence-corrected chi connectivity index (χ3v) is 3.95. The number of ether oxygens (including phenoxy) is 1. The van der Waals surface area contributed by atoms with Crippen LogP contribution in [0.15, 0.2) is 79.3 Å². The van der Waals surface area contributed by atoms with Crippen LogP contribution in [0.25, 0.3) is 22.4 Å². The lowest BCUT2D eigenvalue weighted by atomic mass is 10.0. The van der Waals surface area contributed by atoms with Gasteiger partial charge in [0.2, 0.25) is 0 Å². The van der Waals surface area contributed by atoms with Crippen LogP contribution in [0.5, 0.6) is 11.5 Å². The molecule has 0 saturated carbocycles. The van der Waals surface area contributed by atoms with Crippen molar-refractivity contribution in [2.24, 2.45) is 0 Å². The van der Waals surface area contributed by atoms with Crippen molar-refractivity contribution in [2.45, 2.75) is 6.92 Å². The van der Waals surface area contributed by atoms with Crippen LogP contribution in [0.4, 0.5) is 0 Å². The number of para-hydroxylation sites is 2. The first-order valence-electron chi connectivity index (χ1n) is 8.09. The molecule has 1 N–H and O–H groups in total. The Morgan fingerprint density at radius 1 is 0.840 bits per heavy atom. The van der Waals surface area contributed by atoms with Gasteiger partial charge in [-0.1, -0.05) is 30.3 Å². The summed E-state index contributed by atoms with van der Waals surface area (Å²) in [6, 6.07) is 19.8. The van der Waals surface area contributed by atoms with Crippen LogP contribution in [0.2, 0.25) is 0 Å². The normalized spacial score (nSPS) is 10.6. The molecular weight excluding hydrogens is 310 g/mol. The first-order valence-corrected chi connectivity index (χ1v) is 8.09. The van der Waals surface area contributed by atoms with Crippen LogP contribution in [0, 0.1) is 6.92 Å². The molecule has 4 aromatic rings. The van der Waals surface area contributed by atoms with Gasteiger partial charge in [-0.15, -0.1) is 0 Å². The number of benzene rings is 2. The van der Waals surface area contributed by atoms with Crippen LogP contribution >= 0.6 is 0 Å². The standard InChI is InChI=1S/C21H17N3O/c1-15-11-16(13-22-12-15)19-14-23-24-21(19)18-9-5-6-10-20(18)25-17-7-3-2-4-8-17/h2-14H,1H3,(H,23,24). The summed E-state index contributed by atoms with van der Waals surface area (Å²) in [6.07, 6.45) is 5.52. The summed E-state index contributed by atoms with van der Waals surface area (Å²) < 4.78 is 6.08. The quantitative estimate of drug-likeness (QED) is 0.557. The molecule has 0 saturated heterocycles. The molecule has 0 aliphatic rings. The number of nitrogens with zero attached hydrogens (tertiary/aromatic N) is 2. The molecule has 4 rings (SSSR count). The molecule has 0 bridgehead atoms. The number of pyridine rings is 1. The van der Waals surface area contributed by atoms with Crippen molar-refractivity contribution >= 4 is 0 Å². The lowest BCUT2D eigenvalue weighted by Gasteiger charge is -2.11. The van der Waals surface area contributed by atoms with Gasteiger partial charge >= 0.3 is 0 Å². The van der Waals surface area contributed by atoms with E-state index in [1.807, 2.05) is 80.1 Å². The Kier molecular flexibility index (Phi) is 4.01. The van der Waals surface area contributed by atoms with E-state index in [9.17, 15) is 0 Å². The Morgan fingerprint density at radius 2 is 1.64 bits per heavy atom. The molecule has 4 heteroatoms. The average molecular weight is 327 g/mol. The number of hydrogen-bond donors (Lipinski definition) is 1. The lowest BCUT2D eigenvalue weighted by Crippen LogP contribution is -1.90. The van der Waals surface area contributed by atoms with Crippen molar-refractivity contribution in [1.29, 1.82) is 0 Å². The van der Waals surface area contributed by atoms with Gasteiger partial charge in [0.05, 0.1) is 11.9 Å². The minimum atomic E-state index is 0.778. The Bertz CT molecular complexity index is 993. The van der Waals surface area contributed by atoms with E-state index in [4.69, 9.17) is 4.74 Å². The fraction of sp³-hybridized carbons (Fsp3) is 0.0476. The van der Waals surface area contributed by atoms with Gasteiger partial charge < -0.3 is 4.74 Å².